The Labute approximate surface area is 99.0 Å². The van der Waals surface area contributed by atoms with Gasteiger partial charge in [-0.05, 0) is 12.5 Å². The first-order chi connectivity index (χ1) is 7.83. The Hall–Kier alpha value is -0.990. The molecular weight excluding hydrogens is 198 g/mol. The van der Waals surface area contributed by atoms with Crippen molar-refractivity contribution in [1.82, 2.24) is 9.78 Å². The first kappa shape index (κ1) is 13.1. The van der Waals surface area contributed by atoms with E-state index in [4.69, 9.17) is 5.73 Å². The maximum atomic E-state index is 5.55. The smallest absolute Gasteiger partial charge is 0.145 e. The van der Waals surface area contributed by atoms with Crippen molar-refractivity contribution in [1.29, 1.82) is 0 Å². The van der Waals surface area contributed by atoms with Crippen molar-refractivity contribution >= 4 is 5.82 Å². The summed E-state index contributed by atoms with van der Waals surface area (Å²) < 4.78 is 1.94. The van der Waals surface area contributed by atoms with E-state index >= 15 is 0 Å². The first-order valence-corrected chi connectivity index (χ1v) is 6.62. The summed E-state index contributed by atoms with van der Waals surface area (Å²) in [6.07, 6.45) is 12.8. The van der Waals surface area contributed by atoms with E-state index in [1.165, 1.54) is 51.4 Å². The molecule has 1 aromatic rings. The van der Waals surface area contributed by atoms with Gasteiger partial charge in [0, 0.05) is 12.7 Å². The van der Waals surface area contributed by atoms with Crippen LogP contribution in [0.1, 0.15) is 58.3 Å². The number of hydrogen-bond acceptors (Lipinski definition) is 2. The van der Waals surface area contributed by atoms with Crippen molar-refractivity contribution < 1.29 is 0 Å². The Morgan fingerprint density at radius 2 is 1.69 bits per heavy atom. The Morgan fingerprint density at radius 1 is 1.06 bits per heavy atom. The third-order valence-corrected chi connectivity index (χ3v) is 2.90. The van der Waals surface area contributed by atoms with Gasteiger partial charge in [0.1, 0.15) is 5.82 Å². The normalized spacial score (nSPS) is 10.8. The highest BCUT2D eigenvalue weighted by atomic mass is 15.3. The van der Waals surface area contributed by atoms with Crippen LogP contribution in [-0.4, -0.2) is 9.78 Å². The van der Waals surface area contributed by atoms with Crippen LogP contribution in [0.3, 0.4) is 0 Å². The van der Waals surface area contributed by atoms with Gasteiger partial charge in [-0.2, -0.15) is 5.10 Å². The van der Waals surface area contributed by atoms with E-state index in [0.29, 0.717) is 5.82 Å². The molecule has 0 saturated carbocycles. The Bertz CT molecular complexity index is 268. The number of aryl methyl sites for hydroxylation is 1. The maximum Gasteiger partial charge on any atom is 0.145 e. The molecule has 1 aromatic heterocycles. The van der Waals surface area contributed by atoms with Gasteiger partial charge in [-0.15, -0.1) is 0 Å². The fourth-order valence-electron chi connectivity index (χ4n) is 1.91. The van der Waals surface area contributed by atoms with E-state index in [9.17, 15) is 0 Å². The average Bonchev–Trinajstić information content (AvgIpc) is 2.68. The average molecular weight is 223 g/mol. The van der Waals surface area contributed by atoms with Crippen molar-refractivity contribution in [2.75, 3.05) is 5.73 Å². The van der Waals surface area contributed by atoms with Gasteiger partial charge in [0.15, 0.2) is 0 Å². The standard InChI is InChI=1S/C13H25N3/c1-2-3-4-5-6-7-8-9-11-16-12-10-13(14)15-16/h10,12H,2-9,11H2,1H3,(H2,14,15). The van der Waals surface area contributed by atoms with Crippen molar-refractivity contribution in [3.05, 3.63) is 12.3 Å². The third kappa shape index (κ3) is 5.79. The van der Waals surface area contributed by atoms with Gasteiger partial charge in [0.05, 0.1) is 0 Å². The number of nitrogens with two attached hydrogens (primary N) is 1. The zero-order valence-corrected chi connectivity index (χ0v) is 10.5. The molecule has 0 unspecified atom stereocenters. The SMILES string of the molecule is CCCCCCCCCCn1ccc(N)n1. The van der Waals surface area contributed by atoms with Crippen molar-refractivity contribution in [2.24, 2.45) is 0 Å². The quantitative estimate of drug-likeness (QED) is 0.650. The lowest BCUT2D eigenvalue weighted by Crippen LogP contribution is -1.99. The van der Waals surface area contributed by atoms with Crippen LogP contribution in [0.15, 0.2) is 12.3 Å². The second-order valence-electron chi connectivity index (χ2n) is 4.48. The maximum absolute atomic E-state index is 5.55. The molecule has 0 amide bonds. The van der Waals surface area contributed by atoms with Crippen LogP contribution in [-0.2, 0) is 6.54 Å². The van der Waals surface area contributed by atoms with Crippen molar-refractivity contribution in [2.45, 2.75) is 64.8 Å². The summed E-state index contributed by atoms with van der Waals surface area (Å²) in [4.78, 5) is 0. The number of nitrogen functional groups attached to an aromatic ring is 1. The topological polar surface area (TPSA) is 43.8 Å². The highest BCUT2D eigenvalue weighted by molar-refractivity contribution is 5.23. The predicted molar refractivity (Wildman–Crippen MR) is 69.2 cm³/mol. The Balaban J connectivity index is 1.88. The van der Waals surface area contributed by atoms with E-state index in [0.717, 1.165) is 6.54 Å². The Kier molecular flexibility index (Phi) is 6.70. The molecule has 0 bridgehead atoms. The third-order valence-electron chi connectivity index (χ3n) is 2.90. The molecule has 0 atom stereocenters. The number of hydrogen-bond donors (Lipinski definition) is 1. The van der Waals surface area contributed by atoms with Crippen molar-refractivity contribution in [3.63, 3.8) is 0 Å². The molecule has 1 rings (SSSR count). The minimum atomic E-state index is 0.625. The van der Waals surface area contributed by atoms with E-state index in [2.05, 4.69) is 12.0 Å². The second kappa shape index (κ2) is 8.20. The molecule has 0 aromatic carbocycles. The fourth-order valence-corrected chi connectivity index (χ4v) is 1.91. The van der Waals surface area contributed by atoms with E-state index in [-0.39, 0.29) is 0 Å². The number of nitrogens with zero attached hydrogens (tertiary/aromatic N) is 2. The summed E-state index contributed by atoms with van der Waals surface area (Å²) >= 11 is 0. The summed E-state index contributed by atoms with van der Waals surface area (Å²) in [5.41, 5.74) is 5.55. The predicted octanol–water partition coefficient (Wildman–Crippen LogP) is 3.61. The molecule has 0 aliphatic rings. The fraction of sp³-hybridized carbons (Fsp3) is 0.769. The summed E-state index contributed by atoms with van der Waals surface area (Å²) in [6, 6.07) is 1.85. The number of rotatable bonds is 9. The minimum absolute atomic E-state index is 0.625. The molecule has 3 heteroatoms. The molecule has 2 N–H and O–H groups in total. The van der Waals surface area contributed by atoms with E-state index < -0.39 is 0 Å². The molecular formula is C13H25N3. The van der Waals surface area contributed by atoms with Gasteiger partial charge in [-0.25, -0.2) is 0 Å². The van der Waals surface area contributed by atoms with Gasteiger partial charge < -0.3 is 5.73 Å². The molecule has 3 nitrogen and oxygen atoms in total. The van der Waals surface area contributed by atoms with E-state index in [1.54, 1.807) is 0 Å². The zero-order valence-electron chi connectivity index (χ0n) is 10.5. The molecule has 0 spiro atoms. The monoisotopic (exact) mass is 223 g/mol. The molecule has 0 aliphatic carbocycles. The largest absolute Gasteiger partial charge is 0.382 e. The lowest BCUT2D eigenvalue weighted by Gasteiger charge is -2.02. The van der Waals surface area contributed by atoms with Gasteiger partial charge in [0.25, 0.3) is 0 Å². The summed E-state index contributed by atoms with van der Waals surface area (Å²) in [6.45, 7) is 3.27. The van der Waals surface area contributed by atoms with Gasteiger partial charge >= 0.3 is 0 Å². The number of aromatic nitrogens is 2. The zero-order chi connectivity index (χ0) is 11.6. The molecule has 0 aliphatic heterocycles. The Morgan fingerprint density at radius 3 is 2.25 bits per heavy atom. The van der Waals surface area contributed by atoms with Crippen LogP contribution < -0.4 is 5.73 Å². The minimum Gasteiger partial charge on any atom is -0.382 e. The van der Waals surface area contributed by atoms with E-state index in [1.807, 2.05) is 16.9 Å². The molecule has 16 heavy (non-hydrogen) atoms. The van der Waals surface area contributed by atoms with Gasteiger partial charge in [-0.1, -0.05) is 51.9 Å². The van der Waals surface area contributed by atoms with Crippen LogP contribution in [0.4, 0.5) is 5.82 Å². The van der Waals surface area contributed by atoms with Gasteiger partial charge in [-0.3, -0.25) is 4.68 Å². The second-order valence-corrected chi connectivity index (χ2v) is 4.48. The lowest BCUT2D eigenvalue weighted by molar-refractivity contribution is 0.521. The molecule has 0 fully saturated rings. The highest BCUT2D eigenvalue weighted by Crippen LogP contribution is 2.09. The number of unbranched alkanes of at least 4 members (excludes halogenated alkanes) is 7. The summed E-state index contributed by atoms with van der Waals surface area (Å²) in [5, 5.41) is 4.16. The van der Waals surface area contributed by atoms with Crippen molar-refractivity contribution in [3.8, 4) is 0 Å². The molecule has 0 saturated heterocycles. The lowest BCUT2D eigenvalue weighted by atomic mass is 10.1. The van der Waals surface area contributed by atoms with Crippen LogP contribution in [0.2, 0.25) is 0 Å². The highest BCUT2D eigenvalue weighted by Gasteiger charge is 1.95. The van der Waals surface area contributed by atoms with Crippen LogP contribution >= 0.6 is 0 Å². The molecule has 92 valence electrons. The first-order valence-electron chi connectivity index (χ1n) is 6.62. The molecule has 0 radical (unpaired) electrons. The van der Waals surface area contributed by atoms with Crippen LogP contribution in [0.25, 0.3) is 0 Å². The van der Waals surface area contributed by atoms with Crippen LogP contribution in [0, 0.1) is 0 Å². The summed E-state index contributed by atoms with van der Waals surface area (Å²) in [5.74, 6) is 0.625. The van der Waals surface area contributed by atoms with Gasteiger partial charge in [0.2, 0.25) is 0 Å². The molecule has 1 heterocycles. The summed E-state index contributed by atoms with van der Waals surface area (Å²) in [7, 11) is 0. The van der Waals surface area contributed by atoms with Crippen LogP contribution in [0.5, 0.6) is 0 Å². The number of anilines is 1.